The van der Waals surface area contributed by atoms with Gasteiger partial charge in [-0.3, -0.25) is 4.21 Å². The molecule has 4 nitrogen and oxygen atoms in total. The molecule has 1 aromatic carbocycles. The van der Waals surface area contributed by atoms with Crippen molar-refractivity contribution in [3.05, 3.63) is 24.3 Å². The van der Waals surface area contributed by atoms with Crippen LogP contribution in [0, 0.1) is 0 Å². The normalized spacial score (nSPS) is 25.4. The van der Waals surface area contributed by atoms with Gasteiger partial charge in [0.2, 0.25) is 0 Å². The zero-order valence-corrected chi connectivity index (χ0v) is 12.8. The maximum Gasteiger partial charge on any atom is 0.175 e. The highest BCUT2D eigenvalue weighted by molar-refractivity contribution is 7.90. The maximum atomic E-state index is 12.4. The molecule has 0 radical (unpaired) electrons. The van der Waals surface area contributed by atoms with Gasteiger partial charge in [-0.05, 0) is 50.6 Å². The number of sulfone groups is 1. The van der Waals surface area contributed by atoms with Gasteiger partial charge in [-0.1, -0.05) is 0 Å². The fourth-order valence-electron chi connectivity index (χ4n) is 2.41. The fraction of sp³-hybridized carbons (Fsp3) is 0.538. The summed E-state index contributed by atoms with van der Waals surface area (Å²) < 4.78 is 35.1. The van der Waals surface area contributed by atoms with Gasteiger partial charge in [-0.2, -0.15) is 0 Å². The van der Waals surface area contributed by atoms with E-state index in [1.54, 1.807) is 12.1 Å². The van der Waals surface area contributed by atoms with Crippen molar-refractivity contribution in [2.45, 2.75) is 40.3 Å². The molecule has 1 fully saturated rings. The number of hydrogen-bond donors (Lipinski definition) is 1. The summed E-state index contributed by atoms with van der Waals surface area (Å²) in [5.74, 6) is 0. The van der Waals surface area contributed by atoms with Crippen LogP contribution in [0.5, 0.6) is 0 Å². The SMILES string of the molecule is CNC1CCC(S(=O)c2ccc(S(C)(=O)=O)cc2)C1. The molecule has 0 heterocycles. The van der Waals surface area contributed by atoms with Crippen molar-refractivity contribution in [2.24, 2.45) is 0 Å². The molecular formula is C13H19NO3S2. The van der Waals surface area contributed by atoms with Gasteiger partial charge in [0.25, 0.3) is 0 Å². The van der Waals surface area contributed by atoms with E-state index in [4.69, 9.17) is 0 Å². The molecule has 3 atom stereocenters. The van der Waals surface area contributed by atoms with E-state index in [0.717, 1.165) is 19.3 Å². The van der Waals surface area contributed by atoms with Crippen molar-refractivity contribution in [1.29, 1.82) is 0 Å². The van der Waals surface area contributed by atoms with Gasteiger partial charge < -0.3 is 5.32 Å². The summed E-state index contributed by atoms with van der Waals surface area (Å²) in [7, 11) is -2.31. The highest BCUT2D eigenvalue weighted by atomic mass is 32.2. The molecule has 0 bridgehead atoms. The monoisotopic (exact) mass is 301 g/mol. The fourth-order valence-corrected chi connectivity index (χ4v) is 4.59. The van der Waals surface area contributed by atoms with Crippen molar-refractivity contribution in [2.75, 3.05) is 13.3 Å². The molecule has 0 aromatic heterocycles. The van der Waals surface area contributed by atoms with Crippen LogP contribution in [0.1, 0.15) is 19.3 Å². The summed E-state index contributed by atoms with van der Waals surface area (Å²) in [6, 6.07) is 6.85. The summed E-state index contributed by atoms with van der Waals surface area (Å²) in [5, 5.41) is 3.38. The molecule has 1 N–H and O–H groups in total. The predicted octanol–water partition coefficient (Wildman–Crippen LogP) is 1.34. The lowest BCUT2D eigenvalue weighted by Gasteiger charge is -2.11. The Morgan fingerprint density at radius 3 is 2.32 bits per heavy atom. The minimum atomic E-state index is -3.19. The lowest BCUT2D eigenvalue weighted by molar-refractivity contribution is 0.581. The first-order chi connectivity index (χ1) is 8.91. The molecule has 19 heavy (non-hydrogen) atoms. The smallest absolute Gasteiger partial charge is 0.175 e. The lowest BCUT2D eigenvalue weighted by Crippen LogP contribution is -2.23. The maximum absolute atomic E-state index is 12.4. The summed E-state index contributed by atoms with van der Waals surface area (Å²) in [6.07, 6.45) is 4.09. The van der Waals surface area contributed by atoms with E-state index < -0.39 is 20.6 Å². The van der Waals surface area contributed by atoms with Crippen LogP contribution >= 0.6 is 0 Å². The summed E-state index contributed by atoms with van der Waals surface area (Å²) in [5.41, 5.74) is 0. The zero-order chi connectivity index (χ0) is 14.0. The molecule has 1 aromatic rings. The first kappa shape index (κ1) is 14.7. The first-order valence-electron chi connectivity index (χ1n) is 6.30. The van der Waals surface area contributed by atoms with Gasteiger partial charge in [0.05, 0.1) is 15.7 Å². The van der Waals surface area contributed by atoms with Gasteiger partial charge in [0, 0.05) is 22.4 Å². The predicted molar refractivity (Wildman–Crippen MR) is 76.4 cm³/mol. The molecule has 0 spiro atoms. The third-order valence-corrected chi connectivity index (χ3v) is 6.48. The van der Waals surface area contributed by atoms with Crippen LogP contribution < -0.4 is 5.32 Å². The third kappa shape index (κ3) is 3.43. The summed E-state index contributed by atoms with van der Waals surface area (Å²) in [6.45, 7) is 0. The molecule has 6 heteroatoms. The number of benzene rings is 1. The van der Waals surface area contributed by atoms with Gasteiger partial charge in [-0.15, -0.1) is 0 Å². The molecule has 3 unspecified atom stereocenters. The molecule has 1 aliphatic carbocycles. The van der Waals surface area contributed by atoms with Crippen molar-refractivity contribution in [1.82, 2.24) is 5.32 Å². The molecule has 0 saturated heterocycles. The van der Waals surface area contributed by atoms with Crippen LogP contribution in [-0.2, 0) is 20.6 Å². The van der Waals surface area contributed by atoms with Crippen LogP contribution in [-0.4, -0.2) is 37.2 Å². The Balaban J connectivity index is 2.13. The van der Waals surface area contributed by atoms with Crippen molar-refractivity contribution in [3.8, 4) is 0 Å². The minimum absolute atomic E-state index is 0.168. The number of rotatable bonds is 4. The van der Waals surface area contributed by atoms with Gasteiger partial charge in [0.1, 0.15) is 0 Å². The van der Waals surface area contributed by atoms with Gasteiger partial charge >= 0.3 is 0 Å². The van der Waals surface area contributed by atoms with Crippen LogP contribution in [0.3, 0.4) is 0 Å². The standard InChI is InChI=1S/C13H19NO3S2/c1-14-10-3-4-12(9-10)18(15)11-5-7-13(8-6-11)19(2,16)17/h5-8,10,12,14H,3-4,9H2,1-2H3. The van der Waals surface area contributed by atoms with Gasteiger partial charge in [-0.25, -0.2) is 8.42 Å². The molecule has 0 amide bonds. The Hall–Kier alpha value is -0.720. The topological polar surface area (TPSA) is 63.2 Å². The summed E-state index contributed by atoms with van der Waals surface area (Å²) >= 11 is 0. The van der Waals surface area contributed by atoms with Crippen LogP contribution in [0.2, 0.25) is 0 Å². The van der Waals surface area contributed by atoms with Crippen molar-refractivity contribution < 1.29 is 12.6 Å². The minimum Gasteiger partial charge on any atom is -0.317 e. The largest absolute Gasteiger partial charge is 0.317 e. The first-order valence-corrected chi connectivity index (χ1v) is 9.40. The van der Waals surface area contributed by atoms with E-state index in [-0.39, 0.29) is 10.1 Å². The second-order valence-corrected chi connectivity index (χ2v) is 8.71. The lowest BCUT2D eigenvalue weighted by atomic mass is 10.3. The number of hydrogen-bond acceptors (Lipinski definition) is 4. The Morgan fingerprint density at radius 2 is 1.84 bits per heavy atom. The van der Waals surface area contributed by atoms with E-state index in [2.05, 4.69) is 5.32 Å². The third-order valence-electron chi connectivity index (χ3n) is 3.58. The average molecular weight is 301 g/mol. The second-order valence-electron chi connectivity index (χ2n) is 4.96. The molecule has 1 saturated carbocycles. The Labute approximate surface area is 117 Å². The molecule has 106 valence electrons. The van der Waals surface area contributed by atoms with E-state index >= 15 is 0 Å². The quantitative estimate of drug-likeness (QED) is 0.911. The summed E-state index contributed by atoms with van der Waals surface area (Å²) in [4.78, 5) is 0.988. The van der Waals surface area contributed by atoms with Crippen LogP contribution in [0.4, 0.5) is 0 Å². The highest BCUT2D eigenvalue weighted by Gasteiger charge is 2.28. The molecule has 0 aliphatic heterocycles. The molecule has 1 aliphatic rings. The molecule has 2 rings (SSSR count). The average Bonchev–Trinajstić information content (AvgIpc) is 2.86. The zero-order valence-electron chi connectivity index (χ0n) is 11.1. The van der Waals surface area contributed by atoms with Crippen molar-refractivity contribution >= 4 is 20.6 Å². The second kappa shape index (κ2) is 5.73. The van der Waals surface area contributed by atoms with Crippen LogP contribution in [0.25, 0.3) is 0 Å². The highest BCUT2D eigenvalue weighted by Crippen LogP contribution is 2.27. The van der Waals surface area contributed by atoms with Gasteiger partial charge in [0.15, 0.2) is 9.84 Å². The Morgan fingerprint density at radius 1 is 1.21 bits per heavy atom. The van der Waals surface area contributed by atoms with E-state index in [1.165, 1.54) is 18.4 Å². The van der Waals surface area contributed by atoms with E-state index in [0.29, 0.717) is 10.9 Å². The van der Waals surface area contributed by atoms with Crippen LogP contribution in [0.15, 0.2) is 34.1 Å². The molecular weight excluding hydrogens is 282 g/mol. The van der Waals surface area contributed by atoms with E-state index in [1.807, 2.05) is 7.05 Å². The number of nitrogens with one attached hydrogen (secondary N) is 1. The van der Waals surface area contributed by atoms with E-state index in [9.17, 15) is 12.6 Å². The Kier molecular flexibility index (Phi) is 4.43. The Bertz CT molecular complexity index is 566. The van der Waals surface area contributed by atoms with Crippen molar-refractivity contribution in [3.63, 3.8) is 0 Å².